The lowest BCUT2D eigenvalue weighted by Gasteiger charge is -2.04. The first kappa shape index (κ1) is 10.5. The first-order valence-electron chi connectivity index (χ1n) is 4.33. The van der Waals surface area contributed by atoms with E-state index in [0.29, 0.717) is 0 Å². The van der Waals surface area contributed by atoms with Crippen LogP contribution in [0.15, 0.2) is 18.4 Å². The van der Waals surface area contributed by atoms with Gasteiger partial charge >= 0.3 is 0 Å². The average Bonchev–Trinajstić information content (AvgIpc) is 2.04. The van der Waals surface area contributed by atoms with Gasteiger partial charge in [0, 0.05) is 0 Å². The predicted molar refractivity (Wildman–Crippen MR) is 48.5 cm³/mol. The number of hydrogen-bond donors (Lipinski definition) is 1. The third-order valence-corrected chi connectivity index (χ3v) is 1.75. The number of rotatable bonds is 6. The summed E-state index contributed by atoms with van der Waals surface area (Å²) >= 11 is 0. The highest BCUT2D eigenvalue weighted by Crippen LogP contribution is 2.05. The number of aliphatic hydroxyl groups excluding tert-OH is 1. The van der Waals surface area contributed by atoms with Crippen molar-refractivity contribution in [3.63, 3.8) is 0 Å². The molecule has 11 heavy (non-hydrogen) atoms. The lowest BCUT2D eigenvalue weighted by Crippen LogP contribution is -2.02. The van der Waals surface area contributed by atoms with Crippen LogP contribution in [0.25, 0.3) is 0 Å². The standard InChI is InChI=1S/C10H18O/c1-3-5-6-7-8-9-10(11)4-2/h5,10-11H,1,4,6-9H2,2H3/t10-/m0/s1. The minimum absolute atomic E-state index is 0.0947. The molecule has 0 heterocycles. The van der Waals surface area contributed by atoms with E-state index in [0.717, 1.165) is 32.1 Å². The molecule has 1 heteroatoms. The van der Waals surface area contributed by atoms with Crippen molar-refractivity contribution < 1.29 is 5.11 Å². The summed E-state index contributed by atoms with van der Waals surface area (Å²) in [6.45, 7) is 5.49. The molecule has 1 atom stereocenters. The molecule has 0 spiro atoms. The molecule has 0 saturated carbocycles. The second-order valence-electron chi connectivity index (χ2n) is 2.75. The highest BCUT2D eigenvalue weighted by Gasteiger charge is 1.98. The molecular weight excluding hydrogens is 136 g/mol. The van der Waals surface area contributed by atoms with Crippen LogP contribution in [0.5, 0.6) is 0 Å². The van der Waals surface area contributed by atoms with Crippen LogP contribution in [0, 0.1) is 0 Å². The van der Waals surface area contributed by atoms with Crippen LogP contribution in [-0.2, 0) is 0 Å². The largest absolute Gasteiger partial charge is 0.393 e. The first-order chi connectivity index (χ1) is 5.31. The second-order valence-corrected chi connectivity index (χ2v) is 2.75. The molecule has 0 radical (unpaired) electrons. The molecule has 0 amide bonds. The molecule has 0 aromatic rings. The lowest BCUT2D eigenvalue weighted by molar-refractivity contribution is 0.157. The Balaban J connectivity index is 3.07. The van der Waals surface area contributed by atoms with Gasteiger partial charge in [0.25, 0.3) is 0 Å². The fourth-order valence-corrected chi connectivity index (χ4v) is 0.933. The Morgan fingerprint density at radius 2 is 2.27 bits per heavy atom. The van der Waals surface area contributed by atoms with E-state index in [1.807, 2.05) is 13.0 Å². The molecule has 1 N–H and O–H groups in total. The Hall–Kier alpha value is -0.520. The van der Waals surface area contributed by atoms with E-state index < -0.39 is 0 Å². The molecule has 1 nitrogen and oxygen atoms in total. The highest BCUT2D eigenvalue weighted by molar-refractivity contribution is 4.75. The summed E-state index contributed by atoms with van der Waals surface area (Å²) in [5.41, 5.74) is 2.73. The van der Waals surface area contributed by atoms with Crippen molar-refractivity contribution in [2.45, 2.75) is 45.1 Å². The monoisotopic (exact) mass is 154 g/mol. The van der Waals surface area contributed by atoms with Crippen LogP contribution in [0.4, 0.5) is 0 Å². The van der Waals surface area contributed by atoms with Crippen molar-refractivity contribution in [2.24, 2.45) is 0 Å². The van der Waals surface area contributed by atoms with Gasteiger partial charge in [0.1, 0.15) is 0 Å². The van der Waals surface area contributed by atoms with Gasteiger partial charge in [-0.05, 0) is 31.8 Å². The van der Waals surface area contributed by atoms with E-state index in [4.69, 9.17) is 0 Å². The van der Waals surface area contributed by atoms with Crippen LogP contribution in [0.3, 0.4) is 0 Å². The molecule has 0 aliphatic carbocycles. The van der Waals surface area contributed by atoms with Gasteiger partial charge in [-0.2, -0.15) is 0 Å². The van der Waals surface area contributed by atoms with Gasteiger partial charge < -0.3 is 5.11 Å². The van der Waals surface area contributed by atoms with Gasteiger partial charge in [0.2, 0.25) is 0 Å². The van der Waals surface area contributed by atoms with Crippen molar-refractivity contribution in [2.75, 3.05) is 0 Å². The fourth-order valence-electron chi connectivity index (χ4n) is 0.933. The molecule has 64 valence electrons. The summed E-state index contributed by atoms with van der Waals surface area (Å²) < 4.78 is 0. The molecule has 0 aromatic heterocycles. The maximum Gasteiger partial charge on any atom is 0.0537 e. The van der Waals surface area contributed by atoms with Crippen LogP contribution < -0.4 is 0 Å². The molecule has 0 saturated heterocycles. The van der Waals surface area contributed by atoms with Gasteiger partial charge in [-0.1, -0.05) is 19.9 Å². The Bertz CT molecular complexity index is 123. The van der Waals surface area contributed by atoms with E-state index >= 15 is 0 Å². The smallest absolute Gasteiger partial charge is 0.0537 e. The van der Waals surface area contributed by atoms with E-state index in [-0.39, 0.29) is 6.10 Å². The molecule has 0 bridgehead atoms. The van der Waals surface area contributed by atoms with E-state index in [1.165, 1.54) is 0 Å². The van der Waals surface area contributed by atoms with E-state index in [1.54, 1.807) is 0 Å². The average molecular weight is 154 g/mol. The summed E-state index contributed by atoms with van der Waals surface area (Å²) in [5, 5.41) is 9.18. The van der Waals surface area contributed by atoms with Crippen molar-refractivity contribution in [3.8, 4) is 0 Å². The Morgan fingerprint density at radius 1 is 1.55 bits per heavy atom. The zero-order valence-electron chi connectivity index (χ0n) is 7.34. The first-order valence-corrected chi connectivity index (χ1v) is 4.33. The van der Waals surface area contributed by atoms with Gasteiger partial charge in [-0.15, -0.1) is 5.73 Å². The van der Waals surface area contributed by atoms with Crippen LogP contribution in [-0.4, -0.2) is 11.2 Å². The Morgan fingerprint density at radius 3 is 2.82 bits per heavy atom. The maximum atomic E-state index is 9.18. The van der Waals surface area contributed by atoms with Gasteiger partial charge in [-0.3, -0.25) is 0 Å². The van der Waals surface area contributed by atoms with Crippen LogP contribution in [0.2, 0.25) is 0 Å². The number of hydrogen-bond acceptors (Lipinski definition) is 1. The van der Waals surface area contributed by atoms with Crippen molar-refractivity contribution in [3.05, 3.63) is 18.4 Å². The quantitative estimate of drug-likeness (QED) is 0.460. The zero-order valence-corrected chi connectivity index (χ0v) is 7.34. The van der Waals surface area contributed by atoms with Gasteiger partial charge in [-0.25, -0.2) is 0 Å². The Labute approximate surface area is 69.4 Å². The Kier molecular flexibility index (Phi) is 7.23. The van der Waals surface area contributed by atoms with Crippen molar-refractivity contribution >= 4 is 0 Å². The number of aliphatic hydroxyl groups is 1. The van der Waals surface area contributed by atoms with E-state index in [9.17, 15) is 5.11 Å². The molecule has 0 aliphatic heterocycles. The van der Waals surface area contributed by atoms with Crippen LogP contribution in [0.1, 0.15) is 39.0 Å². The minimum atomic E-state index is -0.0947. The molecule has 0 fully saturated rings. The molecule has 0 rings (SSSR count). The SMILES string of the molecule is C=C=CCCCC[C@@H](O)CC. The van der Waals surface area contributed by atoms with Gasteiger partial charge in [0.15, 0.2) is 0 Å². The molecule has 0 aliphatic rings. The van der Waals surface area contributed by atoms with Crippen molar-refractivity contribution in [1.29, 1.82) is 0 Å². The lowest BCUT2D eigenvalue weighted by atomic mass is 10.1. The summed E-state index contributed by atoms with van der Waals surface area (Å²) in [6.07, 6.45) is 6.94. The summed E-state index contributed by atoms with van der Waals surface area (Å²) in [6, 6.07) is 0. The second kappa shape index (κ2) is 7.59. The minimum Gasteiger partial charge on any atom is -0.393 e. The van der Waals surface area contributed by atoms with Crippen molar-refractivity contribution in [1.82, 2.24) is 0 Å². The molecular formula is C10H18O. The summed E-state index contributed by atoms with van der Waals surface area (Å²) in [4.78, 5) is 0. The summed E-state index contributed by atoms with van der Waals surface area (Å²) in [5.74, 6) is 0. The van der Waals surface area contributed by atoms with Crippen LogP contribution >= 0.6 is 0 Å². The molecule has 0 aromatic carbocycles. The van der Waals surface area contributed by atoms with E-state index in [2.05, 4.69) is 12.3 Å². The normalized spacial score (nSPS) is 12.2. The maximum absolute atomic E-state index is 9.18. The number of unbranched alkanes of at least 4 members (excludes halogenated alkanes) is 2. The third kappa shape index (κ3) is 7.38. The third-order valence-electron chi connectivity index (χ3n) is 1.75. The molecule has 0 unspecified atom stereocenters. The fraction of sp³-hybridized carbons (Fsp3) is 0.700. The zero-order chi connectivity index (χ0) is 8.53. The van der Waals surface area contributed by atoms with Gasteiger partial charge in [0.05, 0.1) is 6.10 Å². The topological polar surface area (TPSA) is 20.2 Å². The highest BCUT2D eigenvalue weighted by atomic mass is 16.3. The summed E-state index contributed by atoms with van der Waals surface area (Å²) in [7, 11) is 0. The number of allylic oxidation sites excluding steroid dienone is 1. The predicted octanol–water partition coefficient (Wildman–Crippen LogP) is 2.66.